The van der Waals surface area contributed by atoms with Crippen LogP contribution in [-0.4, -0.2) is 17.7 Å². The van der Waals surface area contributed by atoms with E-state index in [1.165, 1.54) is 0 Å². The van der Waals surface area contributed by atoms with Crippen LogP contribution in [0.1, 0.15) is 36.7 Å². The van der Waals surface area contributed by atoms with Crippen LogP contribution in [0.3, 0.4) is 0 Å². The summed E-state index contributed by atoms with van der Waals surface area (Å²) in [5, 5.41) is 2.65. The number of ether oxygens (including phenoxy) is 2. The van der Waals surface area contributed by atoms with Gasteiger partial charge in [-0.2, -0.15) is 0 Å². The van der Waals surface area contributed by atoms with Gasteiger partial charge in [0.1, 0.15) is 12.2 Å². The molecule has 0 aliphatic carbocycles. The highest BCUT2D eigenvalue weighted by Gasteiger charge is 2.16. The minimum absolute atomic E-state index is 0.167. The van der Waals surface area contributed by atoms with Crippen LogP contribution in [-0.2, 0) is 16.1 Å². The Kier molecular flexibility index (Phi) is 5.58. The highest BCUT2D eigenvalue weighted by atomic mass is 16.6. The second-order valence-electron chi connectivity index (χ2n) is 6.27. The summed E-state index contributed by atoms with van der Waals surface area (Å²) >= 11 is 0. The molecular weight excluding hydrogens is 306 g/mol. The first kappa shape index (κ1) is 17.5. The second kappa shape index (κ2) is 7.64. The van der Waals surface area contributed by atoms with E-state index in [0.29, 0.717) is 11.3 Å². The minimum Gasteiger partial charge on any atom is -0.457 e. The summed E-state index contributed by atoms with van der Waals surface area (Å²) < 4.78 is 10.4. The lowest BCUT2D eigenvalue weighted by atomic mass is 10.2. The molecule has 0 heterocycles. The Hall–Kier alpha value is -2.82. The van der Waals surface area contributed by atoms with E-state index in [1.807, 2.05) is 6.07 Å². The Morgan fingerprint density at radius 1 is 0.958 bits per heavy atom. The van der Waals surface area contributed by atoms with Gasteiger partial charge in [0.05, 0.1) is 5.56 Å². The van der Waals surface area contributed by atoms with Gasteiger partial charge in [0.2, 0.25) is 0 Å². The van der Waals surface area contributed by atoms with Gasteiger partial charge in [-0.1, -0.05) is 30.3 Å². The molecule has 24 heavy (non-hydrogen) atoms. The first-order valence-corrected chi connectivity index (χ1v) is 7.64. The van der Waals surface area contributed by atoms with E-state index in [4.69, 9.17) is 9.47 Å². The van der Waals surface area contributed by atoms with Crippen molar-refractivity contribution in [2.75, 3.05) is 5.32 Å². The molecule has 0 unspecified atom stereocenters. The zero-order chi connectivity index (χ0) is 17.6. The van der Waals surface area contributed by atoms with Crippen molar-refractivity contribution in [3.8, 4) is 0 Å². The molecule has 5 heteroatoms. The number of nitrogens with one attached hydrogen (secondary N) is 1. The highest BCUT2D eigenvalue weighted by Crippen LogP contribution is 2.14. The van der Waals surface area contributed by atoms with Crippen molar-refractivity contribution < 1.29 is 19.1 Å². The van der Waals surface area contributed by atoms with Crippen LogP contribution in [0.4, 0.5) is 10.5 Å². The van der Waals surface area contributed by atoms with Gasteiger partial charge in [-0.15, -0.1) is 0 Å². The number of anilines is 1. The molecule has 0 aliphatic rings. The molecule has 1 amide bonds. The van der Waals surface area contributed by atoms with Crippen LogP contribution in [0.15, 0.2) is 54.6 Å². The molecule has 0 bridgehead atoms. The van der Waals surface area contributed by atoms with Crippen LogP contribution in [0.2, 0.25) is 0 Å². The summed E-state index contributed by atoms with van der Waals surface area (Å²) in [7, 11) is 0. The third kappa shape index (κ3) is 5.76. The van der Waals surface area contributed by atoms with Crippen molar-refractivity contribution in [2.24, 2.45) is 0 Å². The van der Waals surface area contributed by atoms with Crippen molar-refractivity contribution in [1.29, 1.82) is 0 Å². The fourth-order valence-corrected chi connectivity index (χ4v) is 1.91. The number of carbonyl (C=O) groups excluding carboxylic acids is 2. The Morgan fingerprint density at radius 2 is 1.58 bits per heavy atom. The Bertz CT molecular complexity index is 688. The van der Waals surface area contributed by atoms with Crippen molar-refractivity contribution in [1.82, 2.24) is 0 Å². The molecule has 0 radical (unpaired) electrons. The third-order valence-corrected chi connectivity index (χ3v) is 2.98. The van der Waals surface area contributed by atoms with Gasteiger partial charge in [0, 0.05) is 5.69 Å². The van der Waals surface area contributed by atoms with Crippen LogP contribution in [0, 0.1) is 0 Å². The molecule has 2 rings (SSSR count). The lowest BCUT2D eigenvalue weighted by molar-refractivity contribution is 0.0472. The minimum atomic E-state index is -0.546. The van der Waals surface area contributed by atoms with Gasteiger partial charge >= 0.3 is 12.1 Å². The normalized spacial score (nSPS) is 10.8. The SMILES string of the molecule is CC(C)(C)OC(=O)Nc1ccc(COC(=O)c2ccccc2)cc1. The van der Waals surface area contributed by atoms with E-state index in [2.05, 4.69) is 5.32 Å². The second-order valence-corrected chi connectivity index (χ2v) is 6.27. The van der Waals surface area contributed by atoms with Gasteiger partial charge in [0.15, 0.2) is 0 Å². The molecule has 0 aromatic heterocycles. The number of benzene rings is 2. The fourth-order valence-electron chi connectivity index (χ4n) is 1.91. The third-order valence-electron chi connectivity index (χ3n) is 2.98. The summed E-state index contributed by atoms with van der Waals surface area (Å²) in [5.74, 6) is -0.369. The fraction of sp³-hybridized carbons (Fsp3) is 0.263. The molecule has 1 N–H and O–H groups in total. The van der Waals surface area contributed by atoms with E-state index in [1.54, 1.807) is 69.3 Å². The first-order valence-electron chi connectivity index (χ1n) is 7.64. The van der Waals surface area contributed by atoms with Gasteiger partial charge in [-0.25, -0.2) is 9.59 Å². The zero-order valence-electron chi connectivity index (χ0n) is 14.0. The number of esters is 1. The maximum atomic E-state index is 11.9. The van der Waals surface area contributed by atoms with Gasteiger partial charge in [-0.05, 0) is 50.6 Å². The van der Waals surface area contributed by atoms with Gasteiger partial charge in [0.25, 0.3) is 0 Å². The standard InChI is InChI=1S/C19H21NO4/c1-19(2,3)24-18(22)20-16-11-9-14(10-12-16)13-23-17(21)15-7-5-4-6-8-15/h4-12H,13H2,1-3H3,(H,20,22). The number of amides is 1. The lowest BCUT2D eigenvalue weighted by Crippen LogP contribution is -2.27. The summed E-state index contributed by atoms with van der Waals surface area (Å²) in [6, 6.07) is 15.8. The maximum absolute atomic E-state index is 11.9. The van der Waals surface area contributed by atoms with E-state index in [0.717, 1.165) is 5.56 Å². The molecule has 0 fully saturated rings. The monoisotopic (exact) mass is 327 g/mol. The summed E-state index contributed by atoms with van der Waals surface area (Å²) in [4.78, 5) is 23.5. The van der Waals surface area contributed by atoms with E-state index < -0.39 is 11.7 Å². The summed E-state index contributed by atoms with van der Waals surface area (Å²) in [6.45, 7) is 5.57. The van der Waals surface area contributed by atoms with Crippen molar-refractivity contribution in [3.05, 3.63) is 65.7 Å². The molecule has 0 saturated carbocycles. The quantitative estimate of drug-likeness (QED) is 0.846. The number of hydrogen-bond donors (Lipinski definition) is 1. The predicted molar refractivity (Wildman–Crippen MR) is 91.9 cm³/mol. The summed E-state index contributed by atoms with van der Waals surface area (Å²) in [6.07, 6.45) is -0.509. The topological polar surface area (TPSA) is 64.6 Å². The van der Waals surface area contributed by atoms with Crippen LogP contribution in [0.25, 0.3) is 0 Å². The average Bonchev–Trinajstić information content (AvgIpc) is 2.53. The largest absolute Gasteiger partial charge is 0.457 e. The molecule has 5 nitrogen and oxygen atoms in total. The predicted octanol–water partition coefficient (Wildman–Crippen LogP) is 4.39. The number of carbonyl (C=O) groups is 2. The molecule has 0 saturated heterocycles. The molecule has 126 valence electrons. The van der Waals surface area contributed by atoms with Crippen LogP contribution >= 0.6 is 0 Å². The Labute approximate surface area is 141 Å². The highest BCUT2D eigenvalue weighted by molar-refractivity contribution is 5.89. The maximum Gasteiger partial charge on any atom is 0.412 e. The zero-order valence-corrected chi connectivity index (χ0v) is 14.0. The Morgan fingerprint density at radius 3 is 2.17 bits per heavy atom. The van der Waals surface area contributed by atoms with Gasteiger partial charge < -0.3 is 9.47 Å². The lowest BCUT2D eigenvalue weighted by Gasteiger charge is -2.19. The van der Waals surface area contributed by atoms with E-state index in [-0.39, 0.29) is 12.6 Å². The number of hydrogen-bond acceptors (Lipinski definition) is 4. The molecule has 2 aromatic carbocycles. The Balaban J connectivity index is 1.86. The van der Waals surface area contributed by atoms with Gasteiger partial charge in [-0.3, -0.25) is 5.32 Å². The molecule has 0 aliphatic heterocycles. The van der Waals surface area contributed by atoms with Crippen molar-refractivity contribution in [2.45, 2.75) is 33.0 Å². The van der Waals surface area contributed by atoms with E-state index in [9.17, 15) is 9.59 Å². The summed E-state index contributed by atoms with van der Waals surface area (Å²) in [5.41, 5.74) is 1.41. The van der Waals surface area contributed by atoms with Crippen molar-refractivity contribution >= 4 is 17.7 Å². The molecule has 0 spiro atoms. The smallest absolute Gasteiger partial charge is 0.412 e. The first-order chi connectivity index (χ1) is 11.3. The number of rotatable bonds is 4. The molecular formula is C19H21NO4. The van der Waals surface area contributed by atoms with Crippen LogP contribution in [0.5, 0.6) is 0 Å². The average molecular weight is 327 g/mol. The molecule has 2 aromatic rings. The van der Waals surface area contributed by atoms with Crippen LogP contribution < -0.4 is 5.32 Å². The van der Waals surface area contributed by atoms with Crippen molar-refractivity contribution in [3.63, 3.8) is 0 Å². The van der Waals surface area contributed by atoms with E-state index >= 15 is 0 Å². The molecule has 0 atom stereocenters.